The number of para-hydroxylation sites is 3. The summed E-state index contributed by atoms with van der Waals surface area (Å²) in [7, 11) is 0. The van der Waals surface area contributed by atoms with Crippen molar-refractivity contribution in [3.8, 4) is 28.2 Å². The molecule has 4 atom stereocenters. The Labute approximate surface area is 350 Å². The lowest BCUT2D eigenvalue weighted by atomic mass is 9.83. The largest absolute Gasteiger partial charge is 0.422 e. The molecule has 3 aliphatic heterocycles. The predicted octanol–water partition coefficient (Wildman–Crippen LogP) is 11.7. The highest BCUT2D eigenvalue weighted by atomic mass is 19.4. The van der Waals surface area contributed by atoms with E-state index in [1.54, 1.807) is 9.13 Å². The second-order valence-electron chi connectivity index (χ2n) is 16.8. The van der Waals surface area contributed by atoms with Crippen LogP contribution in [-0.2, 0) is 33.3 Å². The second-order valence-corrected chi connectivity index (χ2v) is 16.8. The molecule has 12 rings (SSSR count). The van der Waals surface area contributed by atoms with Crippen LogP contribution in [0.25, 0.3) is 71.8 Å². The molecule has 3 aliphatic rings. The average Bonchev–Trinajstić information content (AvgIpc) is 3.94. The van der Waals surface area contributed by atoms with Crippen molar-refractivity contribution in [2.45, 2.75) is 62.7 Å². The molecule has 7 heterocycles. The number of hydrogen-bond acceptors (Lipinski definition) is 2. The molecule has 9 aromatic rings. The van der Waals surface area contributed by atoms with Crippen LogP contribution in [0.3, 0.4) is 0 Å². The minimum Gasteiger partial charge on any atom is -0.354 e. The number of alkyl halides is 6. The first-order valence-corrected chi connectivity index (χ1v) is 20.6. The Hall–Kier alpha value is -6.50. The van der Waals surface area contributed by atoms with Crippen molar-refractivity contribution >= 4 is 43.6 Å². The highest BCUT2D eigenvalue weighted by Crippen LogP contribution is 2.56. The summed E-state index contributed by atoms with van der Waals surface area (Å²) in [5.74, 6) is 0. The summed E-state index contributed by atoms with van der Waals surface area (Å²) in [5.41, 5.74) is 2.23. The Morgan fingerprint density at radius 2 is 1.11 bits per heavy atom. The summed E-state index contributed by atoms with van der Waals surface area (Å²) in [4.78, 5) is 3.51. The molecule has 1 fully saturated rings. The van der Waals surface area contributed by atoms with E-state index in [4.69, 9.17) is 9.47 Å². The van der Waals surface area contributed by atoms with E-state index in [1.807, 2.05) is 117 Å². The molecular formula is C50H36F6N4O2+2. The number of nitrogens with one attached hydrogen (secondary N) is 1. The lowest BCUT2D eigenvalue weighted by molar-refractivity contribution is -0.832. The first kappa shape index (κ1) is 37.3. The quantitative estimate of drug-likeness (QED) is 0.132. The van der Waals surface area contributed by atoms with E-state index in [1.165, 1.54) is 12.1 Å². The van der Waals surface area contributed by atoms with E-state index in [0.717, 1.165) is 73.8 Å². The summed E-state index contributed by atoms with van der Waals surface area (Å²) in [5, 5.41) is 3.18. The maximum absolute atomic E-state index is 15.0. The molecule has 1 N–H and O–H groups in total. The second kappa shape index (κ2) is 12.5. The molecule has 12 heteroatoms. The van der Waals surface area contributed by atoms with E-state index < -0.39 is 47.1 Å². The van der Waals surface area contributed by atoms with Gasteiger partial charge in [-0.3, -0.25) is 0 Å². The van der Waals surface area contributed by atoms with Gasteiger partial charge in [0.1, 0.15) is 17.5 Å². The van der Waals surface area contributed by atoms with Crippen LogP contribution in [0, 0.1) is 0 Å². The summed E-state index contributed by atoms with van der Waals surface area (Å²) >= 11 is 0. The van der Waals surface area contributed by atoms with Gasteiger partial charge in [-0.2, -0.15) is 35.5 Å². The third-order valence-electron chi connectivity index (χ3n) is 13.1. The van der Waals surface area contributed by atoms with E-state index in [0.29, 0.717) is 33.6 Å². The van der Waals surface area contributed by atoms with Crippen LogP contribution >= 0.6 is 0 Å². The Morgan fingerprint density at radius 3 is 1.74 bits per heavy atom. The fourth-order valence-corrected chi connectivity index (χ4v) is 10.9. The van der Waals surface area contributed by atoms with Gasteiger partial charge in [0, 0.05) is 50.4 Å². The van der Waals surface area contributed by atoms with Gasteiger partial charge in [0.15, 0.2) is 12.4 Å². The number of H-pyrrole nitrogens is 1. The van der Waals surface area contributed by atoms with E-state index in [2.05, 4.69) is 9.55 Å². The number of rotatable bonds is 1. The van der Waals surface area contributed by atoms with Crippen molar-refractivity contribution in [3.63, 3.8) is 0 Å². The number of halogens is 6. The van der Waals surface area contributed by atoms with E-state index in [9.17, 15) is 13.2 Å². The van der Waals surface area contributed by atoms with Crippen LogP contribution in [0.2, 0.25) is 0 Å². The van der Waals surface area contributed by atoms with Gasteiger partial charge in [0.05, 0.1) is 45.5 Å². The predicted molar refractivity (Wildman–Crippen MR) is 222 cm³/mol. The Bertz CT molecular complexity index is 3350. The summed E-state index contributed by atoms with van der Waals surface area (Å²) < 4.78 is 110. The molecule has 0 bridgehead atoms. The number of benzene rings is 5. The Balaban J connectivity index is 1.26. The Kier molecular flexibility index (Phi) is 7.54. The third-order valence-corrected chi connectivity index (χ3v) is 13.1. The number of ether oxygens (including phenoxy) is 2. The van der Waals surface area contributed by atoms with Gasteiger partial charge in [-0.1, -0.05) is 54.6 Å². The van der Waals surface area contributed by atoms with Gasteiger partial charge in [-0.25, -0.2) is 0 Å². The summed E-state index contributed by atoms with van der Waals surface area (Å²) in [6, 6.07) is 38.3. The minimum absolute atomic E-state index is 0.241. The lowest BCUT2D eigenvalue weighted by Gasteiger charge is -2.40. The lowest BCUT2D eigenvalue weighted by Crippen LogP contribution is -2.68. The van der Waals surface area contributed by atoms with Crippen molar-refractivity contribution in [3.05, 3.63) is 162 Å². The number of pyridine rings is 2. The van der Waals surface area contributed by atoms with Crippen molar-refractivity contribution in [1.29, 1.82) is 0 Å². The molecule has 0 aliphatic carbocycles. The average molecular weight is 839 g/mol. The number of aromatic nitrogens is 4. The molecule has 4 unspecified atom stereocenters. The Morgan fingerprint density at radius 1 is 0.565 bits per heavy atom. The zero-order chi connectivity index (χ0) is 42.5. The molecule has 0 radical (unpaired) electrons. The molecule has 2 spiro atoms. The zero-order valence-corrected chi connectivity index (χ0v) is 33.3. The maximum Gasteiger partial charge on any atom is 0.422 e. The zero-order valence-electron chi connectivity index (χ0n) is 33.3. The van der Waals surface area contributed by atoms with Gasteiger partial charge < -0.3 is 19.0 Å². The van der Waals surface area contributed by atoms with Crippen LogP contribution in [0.4, 0.5) is 26.3 Å². The molecule has 1 saturated heterocycles. The molecule has 6 nitrogen and oxygen atoms in total. The van der Waals surface area contributed by atoms with Gasteiger partial charge in [-0.05, 0) is 80.9 Å². The van der Waals surface area contributed by atoms with Crippen LogP contribution in [-0.4, -0.2) is 21.8 Å². The number of fused-ring (bicyclic) bond motifs is 18. The third kappa shape index (κ3) is 5.01. The highest BCUT2D eigenvalue weighted by molar-refractivity contribution is 6.13. The minimum atomic E-state index is -4.73. The van der Waals surface area contributed by atoms with Crippen molar-refractivity contribution in [2.24, 2.45) is 0 Å². The molecule has 4 aromatic heterocycles. The fourth-order valence-electron chi connectivity index (χ4n) is 10.9. The van der Waals surface area contributed by atoms with Gasteiger partial charge in [0.25, 0.3) is 0 Å². The molecule has 0 saturated carbocycles. The first-order valence-electron chi connectivity index (χ1n) is 20.6. The van der Waals surface area contributed by atoms with Crippen LogP contribution < -0.4 is 9.13 Å². The SMILES string of the molecule is CC1CC(C)OC2(CC3(O1)c1c(ccc4[nH]c5ccccc5c14)-c1ccc(C(F)(F)F)c[n+]13)c1c(ccc3c1c1ccccc1n3-c1ccccc1)-c1ccc(C(F)(F)F)c[n+]12. The van der Waals surface area contributed by atoms with Gasteiger partial charge in [0.2, 0.25) is 11.4 Å². The summed E-state index contributed by atoms with van der Waals surface area (Å²) in [6.45, 7) is 3.75. The molecular weight excluding hydrogens is 803 g/mol. The van der Waals surface area contributed by atoms with Crippen molar-refractivity contribution in [1.82, 2.24) is 9.55 Å². The number of nitrogens with zero attached hydrogens (tertiary/aromatic N) is 3. The molecule has 308 valence electrons. The normalized spacial score (nSPS) is 22.1. The van der Waals surface area contributed by atoms with E-state index >= 15 is 13.2 Å². The van der Waals surface area contributed by atoms with E-state index in [-0.39, 0.29) is 12.8 Å². The number of hydrogen-bond donors (Lipinski definition) is 1. The number of aromatic amines is 1. The standard InChI is InChI=1S/C50H35F6N4O2/c1-28-24-29(2)62-48(27-47(61-28)45-35(39-21-16-30(25-58(39)47)49(51,52)53)18-20-38-43(45)33-12-6-8-14-37(33)57-38)46-36(40-22-17-31(26-59(40)48)50(54,55)56)19-23-42-44(46)34-13-7-9-15-41(34)60(42)32-10-4-3-5-11-32/h3-23,25-26,28-29H,24,27H2,1-2H3/q+1/p+1. The van der Waals surface area contributed by atoms with Crippen LogP contribution in [0.15, 0.2) is 140 Å². The van der Waals surface area contributed by atoms with Gasteiger partial charge in [-0.15, -0.1) is 0 Å². The van der Waals surface area contributed by atoms with Crippen LogP contribution in [0.5, 0.6) is 0 Å². The maximum atomic E-state index is 15.0. The monoisotopic (exact) mass is 838 g/mol. The van der Waals surface area contributed by atoms with Gasteiger partial charge >= 0.3 is 23.8 Å². The summed E-state index contributed by atoms with van der Waals surface area (Å²) in [6.07, 6.45) is -8.38. The first-order chi connectivity index (χ1) is 29.8. The molecule has 62 heavy (non-hydrogen) atoms. The smallest absolute Gasteiger partial charge is 0.354 e. The van der Waals surface area contributed by atoms with Crippen LogP contribution in [0.1, 0.15) is 48.9 Å². The molecule has 5 aromatic carbocycles. The topological polar surface area (TPSA) is 46.9 Å². The molecule has 0 amide bonds. The van der Waals surface area contributed by atoms with Crippen molar-refractivity contribution < 1.29 is 45.0 Å². The highest BCUT2D eigenvalue weighted by Gasteiger charge is 2.68. The fraction of sp³-hybridized carbons (Fsp3) is 0.200. The van der Waals surface area contributed by atoms with Crippen molar-refractivity contribution in [2.75, 3.05) is 0 Å².